The van der Waals surface area contributed by atoms with Crippen LogP contribution in [0.25, 0.3) is 0 Å². The molecule has 0 spiro atoms. The second kappa shape index (κ2) is 6.51. The molecule has 1 saturated carbocycles. The minimum Gasteiger partial charge on any atom is -0.366 e. The van der Waals surface area contributed by atoms with Gasteiger partial charge < -0.3 is 10.6 Å². The molecule has 2 aromatic rings. The predicted molar refractivity (Wildman–Crippen MR) is 82.3 cm³/mol. The molecule has 0 atom stereocenters. The van der Waals surface area contributed by atoms with Gasteiger partial charge in [0.1, 0.15) is 17.3 Å². The van der Waals surface area contributed by atoms with Crippen molar-refractivity contribution in [3.63, 3.8) is 0 Å². The van der Waals surface area contributed by atoms with Crippen molar-refractivity contribution in [2.24, 2.45) is 0 Å². The average Bonchev–Trinajstić information content (AvgIpc) is 3.01. The Morgan fingerprint density at radius 1 is 1.18 bits per heavy atom. The zero-order chi connectivity index (χ0) is 15.4. The van der Waals surface area contributed by atoms with Crippen LogP contribution in [0.15, 0.2) is 36.7 Å². The second-order valence-corrected chi connectivity index (χ2v) is 5.38. The summed E-state index contributed by atoms with van der Waals surface area (Å²) in [4.78, 5) is 20.3. The lowest BCUT2D eigenvalue weighted by atomic mass is 10.2. The highest BCUT2D eigenvalue weighted by atomic mass is 19.1. The first kappa shape index (κ1) is 14.4. The van der Waals surface area contributed by atoms with Crippen LogP contribution in [0.1, 0.15) is 36.2 Å². The second-order valence-electron chi connectivity index (χ2n) is 5.38. The molecular weight excluding hydrogens is 283 g/mol. The van der Waals surface area contributed by atoms with E-state index in [1.54, 1.807) is 12.3 Å². The summed E-state index contributed by atoms with van der Waals surface area (Å²) in [6.45, 7) is 0. The van der Waals surface area contributed by atoms with Gasteiger partial charge in [-0.05, 0) is 31.0 Å². The van der Waals surface area contributed by atoms with Gasteiger partial charge in [-0.2, -0.15) is 0 Å². The maximum Gasteiger partial charge on any atom is 0.275 e. The van der Waals surface area contributed by atoms with E-state index >= 15 is 0 Å². The van der Waals surface area contributed by atoms with E-state index in [0.29, 0.717) is 17.5 Å². The highest BCUT2D eigenvalue weighted by Crippen LogP contribution is 2.21. The van der Waals surface area contributed by atoms with Crippen LogP contribution < -0.4 is 10.6 Å². The van der Waals surface area contributed by atoms with E-state index in [9.17, 15) is 9.18 Å². The van der Waals surface area contributed by atoms with Crippen molar-refractivity contribution in [1.29, 1.82) is 0 Å². The zero-order valence-corrected chi connectivity index (χ0v) is 12.1. The lowest BCUT2D eigenvalue weighted by Gasteiger charge is -2.12. The Balaban J connectivity index is 1.63. The van der Waals surface area contributed by atoms with E-state index in [1.165, 1.54) is 37.2 Å². The quantitative estimate of drug-likeness (QED) is 0.909. The summed E-state index contributed by atoms with van der Waals surface area (Å²) in [7, 11) is 0. The molecule has 0 unspecified atom stereocenters. The van der Waals surface area contributed by atoms with Crippen molar-refractivity contribution in [2.75, 3.05) is 10.6 Å². The molecule has 0 aliphatic heterocycles. The summed E-state index contributed by atoms with van der Waals surface area (Å²) in [6.07, 6.45) is 7.73. The van der Waals surface area contributed by atoms with Crippen LogP contribution in [-0.2, 0) is 0 Å². The predicted octanol–water partition coefficient (Wildman–Crippen LogP) is 3.22. The maximum absolute atomic E-state index is 13.1. The number of halogens is 1. The minimum atomic E-state index is -0.412. The molecule has 5 nitrogen and oxygen atoms in total. The number of carbonyl (C=O) groups is 1. The van der Waals surface area contributed by atoms with Gasteiger partial charge in [0.25, 0.3) is 5.91 Å². The normalized spacial score (nSPS) is 14.8. The summed E-state index contributed by atoms with van der Waals surface area (Å²) in [5, 5.41) is 5.90. The van der Waals surface area contributed by atoms with E-state index in [4.69, 9.17) is 0 Å². The Morgan fingerprint density at radius 3 is 2.68 bits per heavy atom. The first-order chi connectivity index (χ1) is 10.7. The lowest BCUT2D eigenvalue weighted by Crippen LogP contribution is -2.17. The SMILES string of the molecule is O=C(Nc1cccc(F)c1)c1cnc(NC2CCCC2)cn1. The fourth-order valence-corrected chi connectivity index (χ4v) is 2.56. The van der Waals surface area contributed by atoms with Crippen molar-refractivity contribution in [1.82, 2.24) is 9.97 Å². The zero-order valence-electron chi connectivity index (χ0n) is 12.1. The molecule has 1 aliphatic carbocycles. The van der Waals surface area contributed by atoms with Gasteiger partial charge in [-0.25, -0.2) is 14.4 Å². The smallest absolute Gasteiger partial charge is 0.275 e. The molecule has 2 N–H and O–H groups in total. The minimum absolute atomic E-state index is 0.196. The van der Waals surface area contributed by atoms with Crippen LogP contribution in [0.3, 0.4) is 0 Å². The van der Waals surface area contributed by atoms with Gasteiger partial charge in [0.15, 0.2) is 0 Å². The molecule has 0 saturated heterocycles. The van der Waals surface area contributed by atoms with Gasteiger partial charge in [0, 0.05) is 11.7 Å². The van der Waals surface area contributed by atoms with Crippen LogP contribution in [-0.4, -0.2) is 21.9 Å². The first-order valence-electron chi connectivity index (χ1n) is 7.36. The highest BCUT2D eigenvalue weighted by Gasteiger charge is 2.15. The van der Waals surface area contributed by atoms with E-state index in [2.05, 4.69) is 20.6 Å². The number of benzene rings is 1. The Kier molecular flexibility index (Phi) is 4.27. The molecule has 0 bridgehead atoms. The maximum atomic E-state index is 13.1. The number of nitrogens with zero attached hydrogens (tertiary/aromatic N) is 2. The summed E-state index contributed by atoms with van der Waals surface area (Å²) in [5.74, 6) is -0.139. The topological polar surface area (TPSA) is 66.9 Å². The molecule has 114 valence electrons. The number of anilines is 2. The number of carbonyl (C=O) groups excluding carboxylic acids is 1. The van der Waals surface area contributed by atoms with E-state index in [-0.39, 0.29) is 5.69 Å². The number of hydrogen-bond acceptors (Lipinski definition) is 4. The number of hydrogen-bond donors (Lipinski definition) is 2. The third-order valence-corrected chi connectivity index (χ3v) is 3.67. The Hall–Kier alpha value is -2.50. The molecule has 1 fully saturated rings. The third-order valence-electron chi connectivity index (χ3n) is 3.67. The Morgan fingerprint density at radius 2 is 2.00 bits per heavy atom. The lowest BCUT2D eigenvalue weighted by molar-refractivity contribution is 0.102. The van der Waals surface area contributed by atoms with E-state index in [1.807, 2.05) is 0 Å². The van der Waals surface area contributed by atoms with Crippen LogP contribution in [0.2, 0.25) is 0 Å². The molecule has 1 aromatic carbocycles. The van der Waals surface area contributed by atoms with Gasteiger partial charge in [-0.3, -0.25) is 4.79 Å². The number of rotatable bonds is 4. The van der Waals surface area contributed by atoms with Gasteiger partial charge >= 0.3 is 0 Å². The number of aromatic nitrogens is 2. The summed E-state index contributed by atoms with van der Waals surface area (Å²) in [5.41, 5.74) is 0.584. The molecule has 0 radical (unpaired) electrons. The van der Waals surface area contributed by atoms with Crippen molar-refractivity contribution in [3.05, 3.63) is 48.2 Å². The van der Waals surface area contributed by atoms with Crippen molar-refractivity contribution >= 4 is 17.4 Å². The van der Waals surface area contributed by atoms with Gasteiger partial charge in [-0.15, -0.1) is 0 Å². The third kappa shape index (κ3) is 3.58. The van der Waals surface area contributed by atoms with E-state index < -0.39 is 11.7 Å². The first-order valence-corrected chi connectivity index (χ1v) is 7.36. The monoisotopic (exact) mass is 300 g/mol. The summed E-state index contributed by atoms with van der Waals surface area (Å²) >= 11 is 0. The summed E-state index contributed by atoms with van der Waals surface area (Å²) < 4.78 is 13.1. The van der Waals surface area contributed by atoms with E-state index in [0.717, 1.165) is 12.8 Å². The number of amides is 1. The van der Waals surface area contributed by atoms with Gasteiger partial charge in [0.2, 0.25) is 0 Å². The van der Waals surface area contributed by atoms with Crippen LogP contribution in [0, 0.1) is 5.82 Å². The van der Waals surface area contributed by atoms with Gasteiger partial charge in [0.05, 0.1) is 12.4 Å². The number of nitrogens with one attached hydrogen (secondary N) is 2. The average molecular weight is 300 g/mol. The largest absolute Gasteiger partial charge is 0.366 e. The molecule has 3 rings (SSSR count). The van der Waals surface area contributed by atoms with Crippen molar-refractivity contribution in [2.45, 2.75) is 31.7 Å². The Bertz CT molecular complexity index is 653. The molecule has 1 amide bonds. The fourth-order valence-electron chi connectivity index (χ4n) is 2.56. The van der Waals surface area contributed by atoms with Gasteiger partial charge in [-0.1, -0.05) is 18.9 Å². The fraction of sp³-hybridized carbons (Fsp3) is 0.312. The highest BCUT2D eigenvalue weighted by molar-refractivity contribution is 6.02. The van der Waals surface area contributed by atoms with Crippen LogP contribution in [0.4, 0.5) is 15.9 Å². The molecular formula is C16H17FN4O. The van der Waals surface area contributed by atoms with Crippen LogP contribution in [0.5, 0.6) is 0 Å². The Labute approximate surface area is 128 Å². The van der Waals surface area contributed by atoms with Crippen molar-refractivity contribution in [3.8, 4) is 0 Å². The molecule has 6 heteroatoms. The molecule has 1 aromatic heterocycles. The van der Waals surface area contributed by atoms with Crippen molar-refractivity contribution < 1.29 is 9.18 Å². The molecule has 1 heterocycles. The van der Waals surface area contributed by atoms with Crippen LogP contribution >= 0.6 is 0 Å². The standard InChI is InChI=1S/C16H17FN4O/c17-11-4-3-7-13(8-11)21-16(22)14-9-19-15(10-18-14)20-12-5-1-2-6-12/h3-4,7-10,12H,1-2,5-6H2,(H,19,20)(H,21,22). The molecule has 1 aliphatic rings. The summed E-state index contributed by atoms with van der Waals surface area (Å²) in [6, 6.07) is 6.16. The molecule has 22 heavy (non-hydrogen) atoms.